The Morgan fingerprint density at radius 2 is 2.16 bits per heavy atom. The highest BCUT2D eigenvalue weighted by molar-refractivity contribution is 7.89. The zero-order chi connectivity index (χ0) is 13.9. The van der Waals surface area contributed by atoms with Crippen molar-refractivity contribution in [3.05, 3.63) is 33.8 Å². The summed E-state index contributed by atoms with van der Waals surface area (Å²) in [7, 11) is -1.68. The monoisotopic (exact) mass is 301 g/mol. The predicted molar refractivity (Wildman–Crippen MR) is 72.3 cm³/mol. The van der Waals surface area contributed by atoms with Crippen LogP contribution in [0.15, 0.2) is 26.9 Å². The van der Waals surface area contributed by atoms with Gasteiger partial charge in [-0.25, -0.2) is 13.1 Å². The zero-order valence-electron chi connectivity index (χ0n) is 10.6. The predicted octanol–water partition coefficient (Wildman–Crippen LogP) is 1.24. The summed E-state index contributed by atoms with van der Waals surface area (Å²) < 4.78 is 31.5. The van der Waals surface area contributed by atoms with Gasteiger partial charge in [0.1, 0.15) is 0 Å². The largest absolute Gasteiger partial charge is 0.360 e. The van der Waals surface area contributed by atoms with Crippen molar-refractivity contribution < 1.29 is 12.9 Å². The van der Waals surface area contributed by atoms with Gasteiger partial charge in [-0.05, 0) is 20.0 Å². The third kappa shape index (κ3) is 3.63. The molecule has 0 bridgehead atoms. The molecule has 8 heteroatoms. The summed E-state index contributed by atoms with van der Waals surface area (Å²) in [5.41, 5.74) is 0.723. The molecule has 2 aromatic rings. The molecular formula is C11H15N3O3S2. The molecule has 0 radical (unpaired) electrons. The summed E-state index contributed by atoms with van der Waals surface area (Å²) in [6.07, 6.45) is 0. The Bertz CT molecular complexity index is 646. The van der Waals surface area contributed by atoms with Gasteiger partial charge < -0.3 is 9.84 Å². The molecule has 0 amide bonds. The summed E-state index contributed by atoms with van der Waals surface area (Å²) in [5, 5.41) is 8.31. The van der Waals surface area contributed by atoms with Crippen molar-refractivity contribution in [1.29, 1.82) is 0 Å². The fourth-order valence-electron chi connectivity index (χ4n) is 1.52. The maximum absolute atomic E-state index is 12.0. The lowest BCUT2D eigenvalue weighted by Crippen LogP contribution is -2.22. The van der Waals surface area contributed by atoms with E-state index >= 15 is 0 Å². The van der Waals surface area contributed by atoms with Crippen LogP contribution in [0.25, 0.3) is 0 Å². The van der Waals surface area contributed by atoms with Crippen LogP contribution in [0.1, 0.15) is 16.3 Å². The van der Waals surface area contributed by atoms with Crippen molar-refractivity contribution in [1.82, 2.24) is 15.2 Å². The first-order valence-corrected chi connectivity index (χ1v) is 8.01. The first kappa shape index (κ1) is 14.2. The Kier molecular flexibility index (Phi) is 4.35. The molecule has 0 aromatic carbocycles. The van der Waals surface area contributed by atoms with Gasteiger partial charge in [0.05, 0.1) is 17.1 Å². The summed E-state index contributed by atoms with van der Waals surface area (Å²) in [6.45, 7) is 2.53. The van der Waals surface area contributed by atoms with E-state index in [0.717, 1.165) is 10.6 Å². The molecule has 6 nitrogen and oxygen atoms in total. The van der Waals surface area contributed by atoms with Crippen LogP contribution in [-0.2, 0) is 23.1 Å². The molecule has 2 N–H and O–H groups in total. The van der Waals surface area contributed by atoms with Gasteiger partial charge in [0.2, 0.25) is 10.0 Å². The Morgan fingerprint density at radius 3 is 2.79 bits per heavy atom. The first-order valence-electron chi connectivity index (χ1n) is 5.65. The smallest absolute Gasteiger partial charge is 0.241 e. The minimum Gasteiger partial charge on any atom is -0.360 e. The number of nitrogens with zero attached hydrogens (tertiary/aromatic N) is 1. The fourth-order valence-corrected chi connectivity index (χ4v) is 3.80. The highest BCUT2D eigenvalue weighted by Gasteiger charge is 2.16. The minimum absolute atomic E-state index is 0.0976. The van der Waals surface area contributed by atoms with Gasteiger partial charge in [-0.2, -0.15) is 0 Å². The van der Waals surface area contributed by atoms with Gasteiger partial charge >= 0.3 is 0 Å². The van der Waals surface area contributed by atoms with Crippen LogP contribution < -0.4 is 10.0 Å². The number of aromatic nitrogens is 1. The molecule has 0 atom stereocenters. The standard InChI is InChI=1S/C11H15N3O3S2/c1-8-3-9(17-14-8)5-13-19(15,16)11-4-10(6-12-2)18-7-11/h3-4,7,12-13H,5-6H2,1-2H3. The van der Waals surface area contributed by atoms with Crippen LogP contribution in [0.5, 0.6) is 0 Å². The molecule has 0 aliphatic rings. The quantitative estimate of drug-likeness (QED) is 0.838. The number of hydrogen-bond donors (Lipinski definition) is 2. The third-order valence-corrected chi connectivity index (χ3v) is 4.87. The Labute approximate surface area is 115 Å². The van der Waals surface area contributed by atoms with Gasteiger partial charge in [0.15, 0.2) is 5.76 Å². The molecule has 2 rings (SSSR count). The molecule has 2 heterocycles. The van der Waals surface area contributed by atoms with Crippen molar-refractivity contribution in [3.63, 3.8) is 0 Å². The molecule has 19 heavy (non-hydrogen) atoms. The molecule has 0 aliphatic carbocycles. The van der Waals surface area contributed by atoms with Crippen LogP contribution in [0.4, 0.5) is 0 Å². The van der Waals surface area contributed by atoms with Crippen molar-refractivity contribution in [2.75, 3.05) is 7.05 Å². The van der Waals surface area contributed by atoms with E-state index in [2.05, 4.69) is 15.2 Å². The molecule has 0 spiro atoms. The van der Waals surface area contributed by atoms with Crippen LogP contribution >= 0.6 is 11.3 Å². The number of rotatable bonds is 6. The van der Waals surface area contributed by atoms with E-state index < -0.39 is 10.0 Å². The lowest BCUT2D eigenvalue weighted by atomic mass is 10.4. The normalized spacial score (nSPS) is 11.9. The third-order valence-electron chi connectivity index (χ3n) is 2.40. The van der Waals surface area contributed by atoms with E-state index in [9.17, 15) is 8.42 Å². The molecule has 2 aromatic heterocycles. The lowest BCUT2D eigenvalue weighted by molar-refractivity contribution is 0.377. The van der Waals surface area contributed by atoms with Crippen molar-refractivity contribution in [2.45, 2.75) is 24.9 Å². The molecule has 104 valence electrons. The second kappa shape index (κ2) is 5.83. The van der Waals surface area contributed by atoms with E-state index in [-0.39, 0.29) is 11.4 Å². The van der Waals surface area contributed by atoms with Gasteiger partial charge in [-0.15, -0.1) is 11.3 Å². The zero-order valence-corrected chi connectivity index (χ0v) is 12.3. The van der Waals surface area contributed by atoms with Crippen LogP contribution in [0, 0.1) is 6.92 Å². The van der Waals surface area contributed by atoms with Crippen LogP contribution in [0.3, 0.4) is 0 Å². The van der Waals surface area contributed by atoms with Gasteiger partial charge in [0, 0.05) is 22.9 Å². The molecule has 0 fully saturated rings. The SMILES string of the molecule is CNCc1cc(S(=O)(=O)NCc2cc(C)no2)cs1. The topological polar surface area (TPSA) is 84.2 Å². The average Bonchev–Trinajstić information content (AvgIpc) is 2.97. The van der Waals surface area contributed by atoms with E-state index in [4.69, 9.17) is 4.52 Å². The second-order valence-corrected chi connectivity index (χ2v) is 6.80. The number of nitrogens with one attached hydrogen (secondary N) is 2. The highest BCUT2D eigenvalue weighted by atomic mass is 32.2. The van der Waals surface area contributed by atoms with Gasteiger partial charge in [-0.1, -0.05) is 5.16 Å². The molecule has 0 unspecified atom stereocenters. The maximum atomic E-state index is 12.0. The Morgan fingerprint density at radius 1 is 1.37 bits per heavy atom. The molecular weight excluding hydrogens is 286 g/mol. The molecule has 0 aliphatic heterocycles. The van der Waals surface area contributed by atoms with Crippen LogP contribution in [-0.4, -0.2) is 20.6 Å². The fraction of sp³-hybridized carbons (Fsp3) is 0.364. The van der Waals surface area contributed by atoms with E-state index in [1.54, 1.807) is 24.4 Å². The van der Waals surface area contributed by atoms with E-state index in [0.29, 0.717) is 12.3 Å². The van der Waals surface area contributed by atoms with Crippen molar-refractivity contribution in [2.24, 2.45) is 0 Å². The maximum Gasteiger partial charge on any atom is 0.241 e. The Balaban J connectivity index is 2.04. The number of thiophene rings is 1. The van der Waals surface area contributed by atoms with Crippen molar-refractivity contribution in [3.8, 4) is 0 Å². The summed E-state index contributed by atoms with van der Waals surface area (Å²) in [6, 6.07) is 3.36. The molecule has 0 saturated heterocycles. The van der Waals surface area contributed by atoms with Crippen molar-refractivity contribution >= 4 is 21.4 Å². The minimum atomic E-state index is -3.50. The number of sulfonamides is 1. The molecule has 0 saturated carbocycles. The first-order chi connectivity index (χ1) is 9.01. The van der Waals surface area contributed by atoms with E-state index in [1.807, 2.05) is 7.05 Å². The highest BCUT2D eigenvalue weighted by Crippen LogP contribution is 2.19. The van der Waals surface area contributed by atoms with Crippen LogP contribution in [0.2, 0.25) is 0 Å². The summed E-state index contributed by atoms with van der Waals surface area (Å²) in [4.78, 5) is 1.25. The average molecular weight is 301 g/mol. The number of hydrogen-bond acceptors (Lipinski definition) is 6. The lowest BCUT2D eigenvalue weighted by Gasteiger charge is -2.01. The van der Waals surface area contributed by atoms with Gasteiger partial charge in [-0.3, -0.25) is 0 Å². The second-order valence-electron chi connectivity index (χ2n) is 4.04. The summed E-state index contributed by atoms with van der Waals surface area (Å²) >= 11 is 1.41. The summed E-state index contributed by atoms with van der Waals surface area (Å²) in [5.74, 6) is 0.492. The number of aryl methyl sites for hydroxylation is 1. The Hall–Kier alpha value is -1.22. The van der Waals surface area contributed by atoms with E-state index in [1.165, 1.54) is 11.3 Å². The van der Waals surface area contributed by atoms with Gasteiger partial charge in [0.25, 0.3) is 0 Å².